The lowest BCUT2D eigenvalue weighted by atomic mass is 10.2. The molecule has 0 bridgehead atoms. The van der Waals surface area contributed by atoms with Crippen molar-refractivity contribution in [2.24, 2.45) is 5.10 Å². The van der Waals surface area contributed by atoms with Gasteiger partial charge >= 0.3 is 0 Å². The van der Waals surface area contributed by atoms with Crippen molar-refractivity contribution in [1.82, 2.24) is 30.2 Å². The predicted octanol–water partition coefficient (Wildman–Crippen LogP) is 3.73. The normalized spacial score (nSPS) is 11.0. The van der Waals surface area contributed by atoms with Crippen molar-refractivity contribution in [2.75, 3.05) is 5.75 Å². The van der Waals surface area contributed by atoms with Crippen molar-refractivity contribution in [3.05, 3.63) is 83.4 Å². The van der Waals surface area contributed by atoms with Gasteiger partial charge in [0, 0.05) is 34.3 Å². The number of nitrogens with one attached hydrogen (secondary N) is 1. The Bertz CT molecular complexity index is 1180. The van der Waals surface area contributed by atoms with Crippen LogP contribution in [-0.4, -0.2) is 42.6 Å². The Kier molecular flexibility index (Phi) is 6.80. The molecule has 10 heteroatoms. The largest absolute Gasteiger partial charge is 0.272 e. The number of aromatic nitrogens is 5. The minimum Gasteiger partial charge on any atom is -0.272 e. The highest BCUT2D eigenvalue weighted by atomic mass is 79.9. The van der Waals surface area contributed by atoms with Gasteiger partial charge in [-0.15, -0.1) is 10.2 Å². The Hall–Kier alpha value is -3.37. The highest BCUT2D eigenvalue weighted by Crippen LogP contribution is 2.28. The van der Waals surface area contributed by atoms with Gasteiger partial charge in [-0.25, -0.2) is 5.43 Å². The van der Waals surface area contributed by atoms with Crippen LogP contribution in [0.5, 0.6) is 0 Å². The molecule has 3 aromatic heterocycles. The first-order valence-electron chi connectivity index (χ1n) is 9.18. The molecule has 0 spiro atoms. The smallest absolute Gasteiger partial charge is 0.250 e. The third kappa shape index (κ3) is 5.41. The monoisotopic (exact) mass is 493 g/mol. The molecule has 0 atom stereocenters. The van der Waals surface area contributed by atoms with Crippen LogP contribution in [-0.2, 0) is 4.79 Å². The number of nitrogens with zero attached hydrogens (tertiary/aromatic N) is 6. The summed E-state index contributed by atoms with van der Waals surface area (Å²) < 4.78 is 2.88. The standard InChI is InChI=1S/C21H16BrN7OS/c22-16-4-6-18(7-5-16)29-20(15-8-11-23-12-9-15)27-28-21(29)31-14-19(30)26-25-13-17-3-1-2-10-24-17/h1-13H,14H2,(H,26,30)/b25-13-. The number of amides is 1. The van der Waals surface area contributed by atoms with Gasteiger partial charge in [0.15, 0.2) is 11.0 Å². The summed E-state index contributed by atoms with van der Waals surface area (Å²) >= 11 is 4.73. The summed E-state index contributed by atoms with van der Waals surface area (Å²) in [7, 11) is 0. The third-order valence-corrected chi connectivity index (χ3v) is 5.52. The number of carbonyl (C=O) groups is 1. The number of carbonyl (C=O) groups excluding carboxylic acids is 1. The molecule has 8 nitrogen and oxygen atoms in total. The molecule has 4 aromatic rings. The second-order valence-electron chi connectivity index (χ2n) is 6.19. The summed E-state index contributed by atoms with van der Waals surface area (Å²) in [5.41, 5.74) is 4.93. The van der Waals surface area contributed by atoms with E-state index in [-0.39, 0.29) is 11.7 Å². The zero-order chi connectivity index (χ0) is 21.5. The zero-order valence-electron chi connectivity index (χ0n) is 16.1. The summed E-state index contributed by atoms with van der Waals surface area (Å²) in [6, 6.07) is 17.0. The molecule has 0 saturated carbocycles. The Labute approximate surface area is 191 Å². The highest BCUT2D eigenvalue weighted by Gasteiger charge is 2.17. The molecule has 0 aliphatic heterocycles. The van der Waals surface area contributed by atoms with E-state index >= 15 is 0 Å². The van der Waals surface area contributed by atoms with E-state index in [0.29, 0.717) is 16.7 Å². The van der Waals surface area contributed by atoms with Crippen molar-refractivity contribution < 1.29 is 4.79 Å². The van der Waals surface area contributed by atoms with Gasteiger partial charge in [-0.05, 0) is 48.5 Å². The van der Waals surface area contributed by atoms with Gasteiger partial charge in [0.1, 0.15) is 0 Å². The molecular weight excluding hydrogens is 478 g/mol. The average molecular weight is 494 g/mol. The summed E-state index contributed by atoms with van der Waals surface area (Å²) in [4.78, 5) is 20.4. The number of hydrazone groups is 1. The van der Waals surface area contributed by atoms with Crippen molar-refractivity contribution in [3.63, 3.8) is 0 Å². The fourth-order valence-corrected chi connectivity index (χ4v) is 3.67. The minimum absolute atomic E-state index is 0.130. The number of rotatable bonds is 7. The van der Waals surface area contributed by atoms with Gasteiger partial charge in [0.25, 0.3) is 5.91 Å². The molecule has 0 aliphatic carbocycles. The van der Waals surface area contributed by atoms with E-state index < -0.39 is 0 Å². The first-order chi connectivity index (χ1) is 15.2. The van der Waals surface area contributed by atoms with Crippen LogP contribution in [0.25, 0.3) is 17.1 Å². The van der Waals surface area contributed by atoms with Crippen LogP contribution < -0.4 is 5.43 Å². The van der Waals surface area contributed by atoms with Gasteiger partial charge in [-0.3, -0.25) is 19.3 Å². The molecule has 1 amide bonds. The predicted molar refractivity (Wildman–Crippen MR) is 123 cm³/mol. The van der Waals surface area contributed by atoms with Crippen LogP contribution in [0.4, 0.5) is 0 Å². The van der Waals surface area contributed by atoms with E-state index in [1.807, 2.05) is 53.1 Å². The second kappa shape index (κ2) is 10.1. The van der Waals surface area contributed by atoms with Crippen molar-refractivity contribution in [3.8, 4) is 17.1 Å². The van der Waals surface area contributed by atoms with Crippen molar-refractivity contribution in [1.29, 1.82) is 0 Å². The van der Waals surface area contributed by atoms with E-state index in [9.17, 15) is 4.79 Å². The van der Waals surface area contributed by atoms with Crippen LogP contribution in [0.1, 0.15) is 5.69 Å². The van der Waals surface area contributed by atoms with E-state index in [0.717, 1.165) is 15.7 Å². The Morgan fingerprint density at radius 1 is 1.06 bits per heavy atom. The number of benzene rings is 1. The molecule has 1 aromatic carbocycles. The van der Waals surface area contributed by atoms with Crippen LogP contribution in [0, 0.1) is 0 Å². The maximum atomic E-state index is 12.2. The van der Waals surface area contributed by atoms with Gasteiger partial charge < -0.3 is 0 Å². The Morgan fingerprint density at radius 3 is 2.61 bits per heavy atom. The second-order valence-corrected chi connectivity index (χ2v) is 8.05. The van der Waals surface area contributed by atoms with E-state index in [4.69, 9.17) is 0 Å². The van der Waals surface area contributed by atoms with Gasteiger partial charge in [0.2, 0.25) is 0 Å². The molecule has 0 radical (unpaired) electrons. The number of thioether (sulfide) groups is 1. The van der Waals surface area contributed by atoms with E-state index in [1.54, 1.807) is 24.7 Å². The maximum Gasteiger partial charge on any atom is 0.250 e. The van der Waals surface area contributed by atoms with Crippen LogP contribution in [0.2, 0.25) is 0 Å². The molecule has 31 heavy (non-hydrogen) atoms. The maximum absolute atomic E-state index is 12.2. The fraction of sp³-hybridized carbons (Fsp3) is 0.0476. The number of halogens is 1. The molecule has 0 unspecified atom stereocenters. The van der Waals surface area contributed by atoms with Gasteiger partial charge in [0.05, 0.1) is 17.7 Å². The SMILES string of the molecule is O=C(CSc1nnc(-c2ccncc2)n1-c1ccc(Br)cc1)N/N=C\c1ccccn1. The number of pyridine rings is 2. The van der Waals surface area contributed by atoms with Gasteiger partial charge in [-0.1, -0.05) is 33.8 Å². The first-order valence-corrected chi connectivity index (χ1v) is 11.0. The van der Waals surface area contributed by atoms with Crippen LogP contribution in [0.3, 0.4) is 0 Å². The van der Waals surface area contributed by atoms with Crippen LogP contribution >= 0.6 is 27.7 Å². The van der Waals surface area contributed by atoms with Crippen LogP contribution in [0.15, 0.2) is 87.9 Å². The van der Waals surface area contributed by atoms with Gasteiger partial charge in [-0.2, -0.15) is 5.10 Å². The third-order valence-electron chi connectivity index (χ3n) is 4.06. The van der Waals surface area contributed by atoms with E-state index in [2.05, 4.69) is 46.6 Å². The van der Waals surface area contributed by atoms with Crippen molar-refractivity contribution in [2.45, 2.75) is 5.16 Å². The number of hydrogen-bond donors (Lipinski definition) is 1. The molecule has 0 fully saturated rings. The molecular formula is C21H16BrN7OS. The molecule has 4 rings (SSSR count). The summed E-state index contributed by atoms with van der Waals surface area (Å²) in [5, 5.41) is 13.2. The minimum atomic E-state index is -0.256. The summed E-state index contributed by atoms with van der Waals surface area (Å²) in [6.07, 6.45) is 6.56. The summed E-state index contributed by atoms with van der Waals surface area (Å²) in [5.74, 6) is 0.540. The fourth-order valence-electron chi connectivity index (χ4n) is 2.66. The molecule has 3 heterocycles. The zero-order valence-corrected chi connectivity index (χ0v) is 18.5. The first kappa shape index (κ1) is 20.9. The Morgan fingerprint density at radius 2 is 1.87 bits per heavy atom. The Balaban J connectivity index is 1.51. The lowest BCUT2D eigenvalue weighted by Gasteiger charge is -2.10. The molecule has 0 saturated heterocycles. The number of hydrogen-bond acceptors (Lipinski definition) is 7. The van der Waals surface area contributed by atoms with E-state index in [1.165, 1.54) is 18.0 Å². The topological polar surface area (TPSA) is 98.0 Å². The lowest BCUT2D eigenvalue weighted by Crippen LogP contribution is -2.20. The molecule has 0 aliphatic rings. The molecule has 154 valence electrons. The van der Waals surface area contributed by atoms with Crippen molar-refractivity contribution >= 4 is 39.8 Å². The molecule has 1 N–H and O–H groups in total. The highest BCUT2D eigenvalue weighted by molar-refractivity contribution is 9.10. The lowest BCUT2D eigenvalue weighted by molar-refractivity contribution is -0.118. The summed E-state index contributed by atoms with van der Waals surface area (Å²) in [6.45, 7) is 0. The quantitative estimate of drug-likeness (QED) is 0.239. The average Bonchev–Trinajstić information content (AvgIpc) is 3.23.